The third-order valence-corrected chi connectivity index (χ3v) is 6.26. The van der Waals surface area contributed by atoms with E-state index in [0.717, 1.165) is 6.20 Å². The van der Waals surface area contributed by atoms with Crippen LogP contribution in [0.3, 0.4) is 0 Å². The molecule has 0 atom stereocenters. The minimum Gasteiger partial charge on any atom is -0.426 e. The first-order valence-corrected chi connectivity index (χ1v) is 13.2. The van der Waals surface area contributed by atoms with E-state index in [1.807, 2.05) is 5.10 Å². The number of carbonyl (C=O) groups excluding carboxylic acids is 3. The Balaban J connectivity index is 1.55. The fraction of sp³-hybridized carbons (Fsp3) is 0.308. The molecule has 0 aliphatic carbocycles. The standard InChI is InChI=1S/C26H29F3N10O4/c1-2-15-16(24(41)32-7-3-8-33-25(42)34-9-6-30)4-5-18(20(15)43-14-40)37-22-23-35-13-19(39(23)11-10-31-22)17-12-36-38-21(17)26(27,28)29/h4-5,10-14H,2-3,6-9,30H2,1H3,(H,31,37)(H,32,41)(H,36,38)(H2,33,34,42). The number of nitrogens with one attached hydrogen (secondary N) is 5. The van der Waals surface area contributed by atoms with Crippen molar-refractivity contribution < 1.29 is 32.3 Å². The molecule has 0 aliphatic rings. The highest BCUT2D eigenvalue weighted by Crippen LogP contribution is 2.37. The van der Waals surface area contributed by atoms with Crippen molar-refractivity contribution in [2.75, 3.05) is 31.5 Å². The number of H-pyrrole nitrogens is 1. The monoisotopic (exact) mass is 602 g/mol. The summed E-state index contributed by atoms with van der Waals surface area (Å²) in [7, 11) is 0. The van der Waals surface area contributed by atoms with E-state index in [0.29, 0.717) is 38.0 Å². The van der Waals surface area contributed by atoms with E-state index in [1.54, 1.807) is 13.0 Å². The fourth-order valence-electron chi connectivity index (χ4n) is 4.34. The molecule has 0 bridgehead atoms. The summed E-state index contributed by atoms with van der Waals surface area (Å²) in [5, 5.41) is 16.5. The first kappa shape index (κ1) is 30.8. The number of fused-ring (bicyclic) bond motifs is 1. The molecular formula is C26H29F3N10O4. The van der Waals surface area contributed by atoms with Crippen molar-refractivity contribution in [3.05, 3.63) is 53.7 Å². The highest BCUT2D eigenvalue weighted by atomic mass is 19.4. The van der Waals surface area contributed by atoms with Crippen LogP contribution >= 0.6 is 0 Å². The van der Waals surface area contributed by atoms with Crippen molar-refractivity contribution in [3.63, 3.8) is 0 Å². The Kier molecular flexibility index (Phi) is 9.76. The number of aromatic nitrogens is 5. The second-order valence-electron chi connectivity index (χ2n) is 9.01. The molecule has 4 rings (SSSR count). The minimum atomic E-state index is -4.66. The zero-order valence-electron chi connectivity index (χ0n) is 22.9. The van der Waals surface area contributed by atoms with Crippen molar-refractivity contribution >= 4 is 35.6 Å². The third-order valence-electron chi connectivity index (χ3n) is 6.26. The van der Waals surface area contributed by atoms with Crippen LogP contribution in [0.1, 0.15) is 35.0 Å². The van der Waals surface area contributed by atoms with Gasteiger partial charge in [-0.1, -0.05) is 6.92 Å². The van der Waals surface area contributed by atoms with Gasteiger partial charge in [0.15, 0.2) is 17.2 Å². The smallest absolute Gasteiger partial charge is 0.426 e. The molecule has 14 nitrogen and oxygen atoms in total. The molecule has 228 valence electrons. The molecule has 3 aromatic heterocycles. The molecule has 7 N–H and O–H groups in total. The molecule has 1 aromatic carbocycles. The summed E-state index contributed by atoms with van der Waals surface area (Å²) in [4.78, 5) is 44.5. The number of anilines is 2. The number of alkyl halides is 3. The molecule has 0 saturated heterocycles. The van der Waals surface area contributed by atoms with Gasteiger partial charge in [0.1, 0.15) is 5.69 Å². The van der Waals surface area contributed by atoms with Crippen LogP contribution in [-0.4, -0.2) is 69.2 Å². The zero-order chi connectivity index (χ0) is 31.0. The molecule has 4 aromatic rings. The number of hydrogen-bond acceptors (Lipinski definition) is 9. The SMILES string of the molecule is CCc1c(C(=O)NCCCNC(=O)NCCN)ccc(Nc2nccn3c(-c4cn[nH]c4C(F)(F)F)cnc23)c1OC=O. The van der Waals surface area contributed by atoms with Gasteiger partial charge in [0.05, 0.1) is 29.3 Å². The lowest BCUT2D eigenvalue weighted by atomic mass is 10.0. The average molecular weight is 603 g/mol. The molecule has 17 heteroatoms. The summed E-state index contributed by atoms with van der Waals surface area (Å²) in [5.41, 5.74) is 5.41. The molecule has 0 radical (unpaired) electrons. The van der Waals surface area contributed by atoms with Crippen LogP contribution in [0.15, 0.2) is 36.9 Å². The number of hydrogen-bond donors (Lipinski definition) is 6. The molecule has 0 fully saturated rings. The Bertz CT molecular complexity index is 1600. The van der Waals surface area contributed by atoms with Gasteiger partial charge in [0.2, 0.25) is 0 Å². The molecule has 0 unspecified atom stereocenters. The molecule has 0 saturated carbocycles. The summed E-state index contributed by atoms with van der Waals surface area (Å²) >= 11 is 0. The number of benzene rings is 1. The summed E-state index contributed by atoms with van der Waals surface area (Å²) in [6, 6.07) is 2.71. The van der Waals surface area contributed by atoms with Crippen LogP contribution in [0.4, 0.5) is 29.5 Å². The van der Waals surface area contributed by atoms with Gasteiger partial charge < -0.3 is 31.7 Å². The van der Waals surface area contributed by atoms with Crippen molar-refractivity contribution in [2.24, 2.45) is 5.73 Å². The van der Waals surface area contributed by atoms with Crippen LogP contribution < -0.4 is 31.7 Å². The summed E-state index contributed by atoms with van der Waals surface area (Å²) in [6.45, 7) is 3.26. The number of rotatable bonds is 13. The average Bonchev–Trinajstić information content (AvgIpc) is 3.64. The Labute approximate surface area is 242 Å². The largest absolute Gasteiger partial charge is 0.433 e. The predicted molar refractivity (Wildman–Crippen MR) is 149 cm³/mol. The van der Waals surface area contributed by atoms with E-state index >= 15 is 0 Å². The third kappa shape index (κ3) is 7.00. The summed E-state index contributed by atoms with van der Waals surface area (Å²) in [5.74, 6) is -0.178. The summed E-state index contributed by atoms with van der Waals surface area (Å²) < 4.78 is 47.1. The van der Waals surface area contributed by atoms with E-state index < -0.39 is 17.8 Å². The van der Waals surface area contributed by atoms with Crippen LogP contribution in [-0.2, 0) is 17.4 Å². The molecule has 3 heterocycles. The van der Waals surface area contributed by atoms with Gasteiger partial charge in [-0.25, -0.2) is 14.8 Å². The number of aromatic amines is 1. The number of nitrogens with two attached hydrogens (primary N) is 1. The van der Waals surface area contributed by atoms with Crippen LogP contribution in [0.2, 0.25) is 0 Å². The predicted octanol–water partition coefficient (Wildman–Crippen LogP) is 2.36. The quantitative estimate of drug-likeness (QED) is 0.0984. The summed E-state index contributed by atoms with van der Waals surface area (Å²) in [6.07, 6.45) is 1.26. The molecule has 0 aliphatic heterocycles. The Morgan fingerprint density at radius 1 is 1.12 bits per heavy atom. The number of carbonyl (C=O) groups is 3. The van der Waals surface area contributed by atoms with Gasteiger partial charge in [-0.2, -0.15) is 18.3 Å². The van der Waals surface area contributed by atoms with Crippen molar-refractivity contribution in [3.8, 4) is 17.0 Å². The number of urea groups is 1. The lowest BCUT2D eigenvalue weighted by Gasteiger charge is -2.17. The topological polar surface area (TPSA) is 193 Å². The molecule has 0 spiro atoms. The van der Waals surface area contributed by atoms with Crippen LogP contribution in [0.25, 0.3) is 16.9 Å². The van der Waals surface area contributed by atoms with Gasteiger partial charge in [0.25, 0.3) is 12.4 Å². The molecular weight excluding hydrogens is 573 g/mol. The maximum Gasteiger partial charge on any atom is 0.433 e. The first-order chi connectivity index (χ1) is 20.7. The van der Waals surface area contributed by atoms with Gasteiger partial charge in [-0.05, 0) is 25.0 Å². The zero-order valence-corrected chi connectivity index (χ0v) is 22.9. The highest BCUT2D eigenvalue weighted by Gasteiger charge is 2.36. The van der Waals surface area contributed by atoms with E-state index in [1.165, 1.54) is 29.1 Å². The van der Waals surface area contributed by atoms with Gasteiger partial charge in [0, 0.05) is 49.7 Å². The van der Waals surface area contributed by atoms with Crippen LogP contribution in [0.5, 0.6) is 5.75 Å². The van der Waals surface area contributed by atoms with Crippen molar-refractivity contribution in [1.29, 1.82) is 0 Å². The number of ether oxygens (including phenoxy) is 1. The number of nitrogens with zero attached hydrogens (tertiary/aromatic N) is 4. The van der Waals surface area contributed by atoms with E-state index in [9.17, 15) is 27.6 Å². The minimum absolute atomic E-state index is 0.0770. The lowest BCUT2D eigenvalue weighted by Crippen LogP contribution is -2.39. The lowest BCUT2D eigenvalue weighted by molar-refractivity contribution is -0.140. The number of imidazole rings is 1. The molecule has 43 heavy (non-hydrogen) atoms. The van der Waals surface area contributed by atoms with Gasteiger partial charge >= 0.3 is 12.2 Å². The van der Waals surface area contributed by atoms with Gasteiger partial charge in [-0.15, -0.1) is 0 Å². The van der Waals surface area contributed by atoms with E-state index in [-0.39, 0.29) is 58.8 Å². The Morgan fingerprint density at radius 3 is 2.60 bits per heavy atom. The van der Waals surface area contributed by atoms with E-state index in [2.05, 4.69) is 36.3 Å². The Hall–Kier alpha value is -5.19. The second kappa shape index (κ2) is 13.6. The normalized spacial score (nSPS) is 11.3. The number of halogens is 3. The number of amides is 3. The first-order valence-electron chi connectivity index (χ1n) is 13.2. The van der Waals surface area contributed by atoms with E-state index in [4.69, 9.17) is 10.5 Å². The van der Waals surface area contributed by atoms with Gasteiger partial charge in [-0.3, -0.25) is 19.1 Å². The Morgan fingerprint density at radius 2 is 1.88 bits per heavy atom. The van der Waals surface area contributed by atoms with Crippen molar-refractivity contribution in [1.82, 2.24) is 40.5 Å². The van der Waals surface area contributed by atoms with Crippen LogP contribution in [0, 0.1) is 0 Å². The van der Waals surface area contributed by atoms with Crippen molar-refractivity contribution in [2.45, 2.75) is 25.9 Å². The highest BCUT2D eigenvalue weighted by molar-refractivity contribution is 5.97. The maximum absolute atomic E-state index is 13.5. The maximum atomic E-state index is 13.5. The fourth-order valence-corrected chi connectivity index (χ4v) is 4.34. The molecule has 3 amide bonds. The second-order valence-corrected chi connectivity index (χ2v) is 9.01.